The minimum absolute atomic E-state index is 0.158. The molecular weight excluding hydrogens is 130 g/mol. The standard InChI is InChI=1S/C7H12NO2/c1-6(9)7-2-4-8(10)5-3-7/h7H,2-5H2,1H3/q+1. The van der Waals surface area contributed by atoms with Gasteiger partial charge in [0, 0.05) is 23.7 Å². The Morgan fingerprint density at radius 1 is 1.40 bits per heavy atom. The summed E-state index contributed by atoms with van der Waals surface area (Å²) in [5.41, 5.74) is 0. The lowest BCUT2D eigenvalue weighted by Gasteiger charge is -2.12. The van der Waals surface area contributed by atoms with Crippen molar-refractivity contribution in [2.75, 3.05) is 13.1 Å². The summed E-state index contributed by atoms with van der Waals surface area (Å²) in [6.45, 7) is 2.67. The number of rotatable bonds is 1. The molecule has 1 heterocycles. The first-order chi connectivity index (χ1) is 4.70. The van der Waals surface area contributed by atoms with Crippen LogP contribution in [-0.4, -0.2) is 23.6 Å². The lowest BCUT2D eigenvalue weighted by molar-refractivity contribution is -0.559. The Morgan fingerprint density at radius 3 is 2.30 bits per heavy atom. The van der Waals surface area contributed by atoms with Crippen LogP contribution in [0, 0.1) is 10.8 Å². The van der Waals surface area contributed by atoms with Crippen LogP contribution in [0.3, 0.4) is 0 Å². The van der Waals surface area contributed by atoms with E-state index in [1.807, 2.05) is 0 Å². The quantitative estimate of drug-likeness (QED) is 0.507. The van der Waals surface area contributed by atoms with E-state index in [1.54, 1.807) is 6.92 Å². The number of Topliss-reactive ketones (excluding diaryl/α,β-unsaturated/α-hetero) is 1. The van der Waals surface area contributed by atoms with Crippen molar-refractivity contribution in [2.45, 2.75) is 19.8 Å². The maximum Gasteiger partial charge on any atom is 0.192 e. The molecule has 1 fully saturated rings. The Bertz CT molecular complexity index is 155. The van der Waals surface area contributed by atoms with Gasteiger partial charge in [0.15, 0.2) is 13.1 Å². The van der Waals surface area contributed by atoms with E-state index in [1.165, 1.54) is 0 Å². The SMILES string of the molecule is CC(=O)C1CC[N+](=O)CC1. The lowest BCUT2D eigenvalue weighted by atomic mass is 9.95. The molecule has 3 nitrogen and oxygen atoms in total. The molecule has 3 heteroatoms. The molecular formula is C7H12NO2+. The fourth-order valence-corrected chi connectivity index (χ4v) is 1.26. The Hall–Kier alpha value is -0.730. The molecule has 0 aromatic carbocycles. The molecule has 0 amide bonds. The number of nitrogens with zero attached hydrogens (tertiary/aromatic N) is 1. The van der Waals surface area contributed by atoms with Crippen LogP contribution in [0.1, 0.15) is 19.8 Å². The molecule has 1 rings (SSSR count). The zero-order valence-corrected chi connectivity index (χ0v) is 6.17. The number of piperidine rings is 1. The van der Waals surface area contributed by atoms with Gasteiger partial charge in [0.2, 0.25) is 0 Å². The second-order valence-electron chi connectivity index (χ2n) is 2.81. The van der Waals surface area contributed by atoms with Crippen molar-refractivity contribution in [3.63, 3.8) is 0 Å². The first-order valence-electron chi connectivity index (χ1n) is 3.62. The van der Waals surface area contributed by atoms with E-state index in [-0.39, 0.29) is 11.7 Å². The third-order valence-electron chi connectivity index (χ3n) is 2.03. The molecule has 0 N–H and O–H groups in total. The highest BCUT2D eigenvalue weighted by atomic mass is 16.3. The van der Waals surface area contributed by atoms with E-state index in [2.05, 4.69) is 0 Å². The van der Waals surface area contributed by atoms with Crippen LogP contribution < -0.4 is 0 Å². The monoisotopic (exact) mass is 142 g/mol. The van der Waals surface area contributed by atoms with Crippen LogP contribution in [0.2, 0.25) is 0 Å². The van der Waals surface area contributed by atoms with Crippen LogP contribution in [0.15, 0.2) is 0 Å². The highest BCUT2D eigenvalue weighted by Gasteiger charge is 2.26. The van der Waals surface area contributed by atoms with E-state index in [9.17, 15) is 9.70 Å². The molecule has 0 aromatic rings. The minimum Gasteiger partial charge on any atom is -0.300 e. The Kier molecular flexibility index (Phi) is 2.14. The van der Waals surface area contributed by atoms with E-state index < -0.39 is 0 Å². The highest BCUT2D eigenvalue weighted by Crippen LogP contribution is 2.14. The third-order valence-corrected chi connectivity index (χ3v) is 2.03. The molecule has 0 bridgehead atoms. The van der Waals surface area contributed by atoms with Gasteiger partial charge in [-0.3, -0.25) is 4.79 Å². The van der Waals surface area contributed by atoms with Crippen LogP contribution in [-0.2, 0) is 4.79 Å². The van der Waals surface area contributed by atoms with E-state index in [0.29, 0.717) is 13.1 Å². The predicted molar refractivity (Wildman–Crippen MR) is 36.8 cm³/mol. The molecule has 0 atom stereocenters. The Balaban J connectivity index is 2.40. The van der Waals surface area contributed by atoms with Gasteiger partial charge in [-0.1, -0.05) is 0 Å². The number of ketones is 1. The van der Waals surface area contributed by atoms with E-state index in [0.717, 1.165) is 17.6 Å². The maximum atomic E-state index is 10.8. The van der Waals surface area contributed by atoms with Gasteiger partial charge in [0.25, 0.3) is 0 Å². The largest absolute Gasteiger partial charge is 0.300 e. The van der Waals surface area contributed by atoms with Gasteiger partial charge >= 0.3 is 0 Å². The molecule has 0 unspecified atom stereocenters. The number of carbonyl (C=O) groups excluding carboxylic acids is 1. The summed E-state index contributed by atoms with van der Waals surface area (Å²) in [5.74, 6) is 0.387. The van der Waals surface area contributed by atoms with E-state index >= 15 is 0 Å². The normalized spacial score (nSPS) is 21.1. The molecule has 10 heavy (non-hydrogen) atoms. The van der Waals surface area contributed by atoms with Crippen molar-refractivity contribution in [1.29, 1.82) is 0 Å². The smallest absolute Gasteiger partial charge is 0.192 e. The van der Waals surface area contributed by atoms with Gasteiger partial charge in [-0.05, 0) is 11.7 Å². The van der Waals surface area contributed by atoms with Gasteiger partial charge in [0.1, 0.15) is 5.78 Å². The fraction of sp³-hybridized carbons (Fsp3) is 0.857. The van der Waals surface area contributed by atoms with Crippen molar-refractivity contribution in [1.82, 2.24) is 0 Å². The zero-order chi connectivity index (χ0) is 7.56. The summed E-state index contributed by atoms with van der Waals surface area (Å²) in [6.07, 6.45) is 1.50. The van der Waals surface area contributed by atoms with Gasteiger partial charge in [-0.2, -0.15) is 0 Å². The number of nitroso groups, excluding NO2 is 1. The molecule has 0 aliphatic carbocycles. The summed E-state index contributed by atoms with van der Waals surface area (Å²) in [6, 6.07) is 0. The maximum absolute atomic E-state index is 10.8. The van der Waals surface area contributed by atoms with Crippen molar-refractivity contribution < 1.29 is 9.55 Å². The Labute approximate surface area is 60.0 Å². The van der Waals surface area contributed by atoms with Crippen molar-refractivity contribution >= 4 is 5.78 Å². The summed E-state index contributed by atoms with van der Waals surface area (Å²) in [5, 5.41) is 0. The average molecular weight is 142 g/mol. The summed E-state index contributed by atoms with van der Waals surface area (Å²) >= 11 is 0. The van der Waals surface area contributed by atoms with Crippen LogP contribution in [0.5, 0.6) is 0 Å². The second-order valence-corrected chi connectivity index (χ2v) is 2.81. The lowest BCUT2D eigenvalue weighted by Crippen LogP contribution is -2.27. The number of hydrogen-bond donors (Lipinski definition) is 0. The third kappa shape index (κ3) is 1.62. The van der Waals surface area contributed by atoms with Gasteiger partial charge in [0.05, 0.1) is 0 Å². The summed E-state index contributed by atoms with van der Waals surface area (Å²) < 4.78 is 1.03. The van der Waals surface area contributed by atoms with E-state index in [4.69, 9.17) is 0 Å². The first kappa shape index (κ1) is 7.38. The topological polar surface area (TPSA) is 37.1 Å². The van der Waals surface area contributed by atoms with Crippen LogP contribution >= 0.6 is 0 Å². The molecule has 0 radical (unpaired) electrons. The zero-order valence-electron chi connectivity index (χ0n) is 6.17. The number of carbonyl (C=O) groups is 1. The molecule has 56 valence electrons. The second kappa shape index (κ2) is 2.90. The summed E-state index contributed by atoms with van der Waals surface area (Å²) in [4.78, 5) is 21.4. The molecule has 1 aliphatic rings. The van der Waals surface area contributed by atoms with Crippen LogP contribution in [0.4, 0.5) is 0 Å². The van der Waals surface area contributed by atoms with Crippen LogP contribution in [0.25, 0.3) is 0 Å². The fourth-order valence-electron chi connectivity index (χ4n) is 1.26. The summed E-state index contributed by atoms with van der Waals surface area (Å²) in [7, 11) is 0. The van der Waals surface area contributed by atoms with Crippen molar-refractivity contribution in [2.24, 2.45) is 5.92 Å². The minimum atomic E-state index is 0.158. The van der Waals surface area contributed by atoms with Gasteiger partial charge in [-0.25, -0.2) is 0 Å². The predicted octanol–water partition coefficient (Wildman–Crippen LogP) is 0.764. The number of hydrogen-bond acceptors (Lipinski definition) is 2. The molecule has 0 spiro atoms. The highest BCUT2D eigenvalue weighted by molar-refractivity contribution is 5.78. The Morgan fingerprint density at radius 2 is 1.90 bits per heavy atom. The van der Waals surface area contributed by atoms with Crippen molar-refractivity contribution in [3.8, 4) is 0 Å². The molecule has 1 saturated heterocycles. The van der Waals surface area contributed by atoms with Gasteiger partial charge in [-0.15, -0.1) is 0 Å². The molecule has 0 aromatic heterocycles. The average Bonchev–Trinajstić information content (AvgIpc) is 1.88. The van der Waals surface area contributed by atoms with Gasteiger partial charge < -0.3 is 0 Å². The van der Waals surface area contributed by atoms with Crippen molar-refractivity contribution in [3.05, 3.63) is 4.91 Å². The first-order valence-corrected chi connectivity index (χ1v) is 3.62. The molecule has 0 saturated carbocycles. The molecule has 1 aliphatic heterocycles.